The van der Waals surface area contributed by atoms with E-state index >= 15 is 0 Å². The van der Waals surface area contributed by atoms with E-state index in [0.717, 1.165) is 12.0 Å². The molecule has 2 N–H and O–H groups in total. The minimum atomic E-state index is 0.165. The van der Waals surface area contributed by atoms with E-state index in [1.54, 1.807) is 6.20 Å². The third-order valence-electron chi connectivity index (χ3n) is 1.98. The Morgan fingerprint density at radius 2 is 2.42 bits per heavy atom. The molecule has 0 aliphatic carbocycles. The highest BCUT2D eigenvalue weighted by atomic mass is 14.7. The molecule has 0 saturated heterocycles. The average molecular weight is 164 g/mol. The van der Waals surface area contributed by atoms with Crippen molar-refractivity contribution < 1.29 is 0 Å². The van der Waals surface area contributed by atoms with Crippen LogP contribution in [0.2, 0.25) is 0 Å². The topological polar surface area (TPSA) is 38.9 Å². The van der Waals surface area contributed by atoms with E-state index in [-0.39, 0.29) is 6.04 Å². The summed E-state index contributed by atoms with van der Waals surface area (Å²) in [6.45, 7) is 2.18. The Kier molecular flexibility index (Phi) is 3.74. The van der Waals surface area contributed by atoms with E-state index in [1.807, 2.05) is 18.3 Å². The normalized spacial score (nSPS) is 12.8. The van der Waals surface area contributed by atoms with E-state index in [0.29, 0.717) is 0 Å². The zero-order valence-corrected chi connectivity index (χ0v) is 7.53. The molecule has 1 rings (SSSR count). The minimum absolute atomic E-state index is 0.165. The summed E-state index contributed by atoms with van der Waals surface area (Å²) < 4.78 is 0. The van der Waals surface area contributed by atoms with Crippen LogP contribution in [0.25, 0.3) is 0 Å². The van der Waals surface area contributed by atoms with E-state index < -0.39 is 0 Å². The lowest BCUT2D eigenvalue weighted by molar-refractivity contribution is 0.602. The molecule has 66 valence electrons. The predicted molar refractivity (Wildman–Crippen MR) is 50.7 cm³/mol. The van der Waals surface area contributed by atoms with Gasteiger partial charge in [0, 0.05) is 18.4 Å². The number of hydrogen-bond acceptors (Lipinski definition) is 2. The highest BCUT2D eigenvalue weighted by molar-refractivity contribution is 5.12. The van der Waals surface area contributed by atoms with E-state index in [2.05, 4.69) is 11.9 Å². The summed E-state index contributed by atoms with van der Waals surface area (Å²) in [5.74, 6) is 0. The van der Waals surface area contributed by atoms with Gasteiger partial charge in [0.15, 0.2) is 0 Å². The largest absolute Gasteiger partial charge is 0.324 e. The predicted octanol–water partition coefficient (Wildman–Crippen LogP) is 2.27. The first-order valence-corrected chi connectivity index (χ1v) is 4.50. The molecular weight excluding hydrogens is 148 g/mol. The zero-order chi connectivity index (χ0) is 8.81. The number of nitrogens with two attached hydrogens (primary N) is 1. The molecule has 0 amide bonds. The Hall–Kier alpha value is -0.890. The smallest absolute Gasteiger partial charge is 0.0315 e. The number of aromatic nitrogens is 1. The quantitative estimate of drug-likeness (QED) is 0.741. The van der Waals surface area contributed by atoms with Gasteiger partial charge in [0.2, 0.25) is 0 Å². The second kappa shape index (κ2) is 4.88. The fourth-order valence-corrected chi connectivity index (χ4v) is 1.19. The summed E-state index contributed by atoms with van der Waals surface area (Å²) in [7, 11) is 0. The van der Waals surface area contributed by atoms with Crippen LogP contribution in [-0.2, 0) is 0 Å². The first-order valence-electron chi connectivity index (χ1n) is 4.50. The molecule has 0 fully saturated rings. The Bertz CT molecular complexity index is 208. The Balaban J connectivity index is 2.48. The number of pyridine rings is 1. The highest BCUT2D eigenvalue weighted by Crippen LogP contribution is 2.14. The first kappa shape index (κ1) is 9.20. The zero-order valence-electron chi connectivity index (χ0n) is 7.53. The fraction of sp³-hybridized carbons (Fsp3) is 0.500. The van der Waals surface area contributed by atoms with Gasteiger partial charge in [0.05, 0.1) is 0 Å². The summed E-state index contributed by atoms with van der Waals surface area (Å²) in [6, 6.07) is 4.13. The van der Waals surface area contributed by atoms with E-state index in [4.69, 9.17) is 5.73 Å². The summed E-state index contributed by atoms with van der Waals surface area (Å²) in [4.78, 5) is 4.03. The number of rotatable bonds is 4. The maximum atomic E-state index is 5.94. The van der Waals surface area contributed by atoms with Crippen LogP contribution in [0.4, 0.5) is 0 Å². The van der Waals surface area contributed by atoms with Gasteiger partial charge in [-0.1, -0.05) is 25.8 Å². The summed E-state index contributed by atoms with van der Waals surface area (Å²) >= 11 is 0. The van der Waals surface area contributed by atoms with Crippen LogP contribution < -0.4 is 5.73 Å². The van der Waals surface area contributed by atoms with Crippen molar-refractivity contribution in [2.75, 3.05) is 0 Å². The number of hydrogen-bond donors (Lipinski definition) is 1. The second-order valence-electron chi connectivity index (χ2n) is 3.04. The van der Waals surface area contributed by atoms with Crippen molar-refractivity contribution in [3.63, 3.8) is 0 Å². The summed E-state index contributed by atoms with van der Waals surface area (Å²) in [5.41, 5.74) is 7.09. The molecule has 1 heterocycles. The van der Waals surface area contributed by atoms with Crippen LogP contribution in [-0.4, -0.2) is 4.98 Å². The van der Waals surface area contributed by atoms with Crippen molar-refractivity contribution in [1.29, 1.82) is 0 Å². The molecule has 12 heavy (non-hydrogen) atoms. The van der Waals surface area contributed by atoms with Crippen LogP contribution in [0.15, 0.2) is 24.5 Å². The van der Waals surface area contributed by atoms with Crippen molar-refractivity contribution in [2.45, 2.75) is 32.2 Å². The molecule has 1 aromatic heterocycles. The van der Waals surface area contributed by atoms with Crippen LogP contribution in [0, 0.1) is 0 Å². The van der Waals surface area contributed by atoms with E-state index in [9.17, 15) is 0 Å². The van der Waals surface area contributed by atoms with Crippen molar-refractivity contribution in [2.24, 2.45) is 5.73 Å². The Labute approximate surface area is 73.8 Å². The fourth-order valence-electron chi connectivity index (χ4n) is 1.19. The van der Waals surface area contributed by atoms with Crippen LogP contribution in [0.5, 0.6) is 0 Å². The first-order chi connectivity index (χ1) is 5.84. The molecule has 0 aliphatic heterocycles. The Morgan fingerprint density at radius 1 is 1.58 bits per heavy atom. The summed E-state index contributed by atoms with van der Waals surface area (Å²) in [6.07, 6.45) is 7.07. The molecule has 0 spiro atoms. The van der Waals surface area contributed by atoms with Gasteiger partial charge >= 0.3 is 0 Å². The SMILES string of the molecule is CCCC[C@@H](N)c1cccnc1. The van der Waals surface area contributed by atoms with Crippen molar-refractivity contribution >= 4 is 0 Å². The van der Waals surface area contributed by atoms with Crippen LogP contribution in [0.3, 0.4) is 0 Å². The molecule has 1 aromatic rings. The molecule has 1 atom stereocenters. The highest BCUT2D eigenvalue weighted by Gasteiger charge is 2.03. The summed E-state index contributed by atoms with van der Waals surface area (Å²) in [5, 5.41) is 0. The Morgan fingerprint density at radius 3 is 3.00 bits per heavy atom. The van der Waals surface area contributed by atoms with Gasteiger partial charge in [-0.05, 0) is 18.1 Å². The molecule has 2 nitrogen and oxygen atoms in total. The lowest BCUT2D eigenvalue weighted by Crippen LogP contribution is -2.09. The van der Waals surface area contributed by atoms with Gasteiger partial charge in [-0.3, -0.25) is 4.98 Å². The lowest BCUT2D eigenvalue weighted by Gasteiger charge is -2.09. The third kappa shape index (κ3) is 2.62. The molecule has 0 aromatic carbocycles. The standard InChI is InChI=1S/C10H16N2/c1-2-3-6-10(11)9-5-4-7-12-8-9/h4-5,7-8,10H,2-3,6,11H2,1H3/t10-/m1/s1. The van der Waals surface area contributed by atoms with E-state index in [1.165, 1.54) is 12.8 Å². The molecule has 0 saturated carbocycles. The molecule has 2 heteroatoms. The molecule has 0 bridgehead atoms. The maximum Gasteiger partial charge on any atom is 0.0315 e. The van der Waals surface area contributed by atoms with Crippen molar-refractivity contribution in [3.8, 4) is 0 Å². The van der Waals surface area contributed by atoms with Gasteiger partial charge in [-0.2, -0.15) is 0 Å². The van der Waals surface area contributed by atoms with Crippen LogP contribution >= 0.6 is 0 Å². The third-order valence-corrected chi connectivity index (χ3v) is 1.98. The van der Waals surface area contributed by atoms with Gasteiger partial charge in [-0.15, -0.1) is 0 Å². The maximum absolute atomic E-state index is 5.94. The molecular formula is C10H16N2. The average Bonchev–Trinajstić information content (AvgIpc) is 2.15. The molecule has 0 aliphatic rings. The minimum Gasteiger partial charge on any atom is -0.324 e. The van der Waals surface area contributed by atoms with Gasteiger partial charge in [0.25, 0.3) is 0 Å². The van der Waals surface area contributed by atoms with Crippen molar-refractivity contribution in [3.05, 3.63) is 30.1 Å². The molecule has 0 radical (unpaired) electrons. The molecule has 0 unspecified atom stereocenters. The van der Waals surface area contributed by atoms with Gasteiger partial charge in [-0.25, -0.2) is 0 Å². The monoisotopic (exact) mass is 164 g/mol. The van der Waals surface area contributed by atoms with Crippen LogP contribution in [0.1, 0.15) is 37.8 Å². The van der Waals surface area contributed by atoms with Gasteiger partial charge < -0.3 is 5.73 Å². The van der Waals surface area contributed by atoms with Crippen molar-refractivity contribution in [1.82, 2.24) is 4.98 Å². The number of nitrogens with zero attached hydrogens (tertiary/aromatic N) is 1. The second-order valence-corrected chi connectivity index (χ2v) is 3.04. The van der Waals surface area contributed by atoms with Gasteiger partial charge in [0.1, 0.15) is 0 Å². The lowest BCUT2D eigenvalue weighted by atomic mass is 10.0. The number of unbranched alkanes of at least 4 members (excludes halogenated alkanes) is 1.